The molecule has 90 valence electrons. The van der Waals surface area contributed by atoms with Crippen LogP contribution < -0.4 is 0 Å². The zero-order valence-corrected chi connectivity index (χ0v) is 9.69. The Morgan fingerprint density at radius 1 is 1.20 bits per heavy atom. The molecule has 1 unspecified atom stereocenters. The second-order valence-corrected chi connectivity index (χ2v) is 4.66. The Kier molecular flexibility index (Phi) is 4.73. The van der Waals surface area contributed by atoms with Crippen LogP contribution in [0.15, 0.2) is 0 Å². The number of halogens is 3. The molecule has 0 aliphatic carbocycles. The summed E-state index contributed by atoms with van der Waals surface area (Å²) in [7, 11) is 0. The van der Waals surface area contributed by atoms with Crippen LogP contribution in [0.2, 0.25) is 0 Å². The largest absolute Gasteiger partial charge is 0.401 e. The van der Waals surface area contributed by atoms with Crippen LogP contribution in [0, 0.1) is 0 Å². The van der Waals surface area contributed by atoms with Crippen molar-refractivity contribution in [1.29, 1.82) is 0 Å². The lowest BCUT2D eigenvalue weighted by atomic mass is 10.4. The first-order valence-electron chi connectivity index (χ1n) is 5.10. The molecule has 0 aromatic rings. The SMILES string of the molecule is CC(S)N1CCCN(CC(F)(F)F)CC1. The van der Waals surface area contributed by atoms with E-state index in [9.17, 15) is 13.2 Å². The summed E-state index contributed by atoms with van der Waals surface area (Å²) in [6.07, 6.45) is -3.30. The van der Waals surface area contributed by atoms with E-state index >= 15 is 0 Å². The summed E-state index contributed by atoms with van der Waals surface area (Å²) in [5.41, 5.74) is 0. The van der Waals surface area contributed by atoms with Gasteiger partial charge in [0.05, 0.1) is 6.54 Å². The summed E-state index contributed by atoms with van der Waals surface area (Å²) in [5, 5.41) is 0.121. The lowest BCUT2D eigenvalue weighted by Gasteiger charge is -2.24. The first kappa shape index (κ1) is 13.1. The lowest BCUT2D eigenvalue weighted by Crippen LogP contribution is -2.38. The molecule has 0 aromatic heterocycles. The number of hydrogen-bond acceptors (Lipinski definition) is 3. The summed E-state index contributed by atoms with van der Waals surface area (Å²) < 4.78 is 36.5. The average molecular weight is 242 g/mol. The zero-order chi connectivity index (χ0) is 11.5. The Bertz CT molecular complexity index is 196. The molecule has 0 bridgehead atoms. The molecule has 6 heteroatoms. The summed E-state index contributed by atoms with van der Waals surface area (Å²) in [5.74, 6) is 0. The molecule has 0 spiro atoms. The van der Waals surface area contributed by atoms with Gasteiger partial charge in [0.25, 0.3) is 0 Å². The highest BCUT2D eigenvalue weighted by atomic mass is 32.1. The van der Waals surface area contributed by atoms with E-state index < -0.39 is 12.7 Å². The van der Waals surface area contributed by atoms with Gasteiger partial charge < -0.3 is 0 Å². The molecular weight excluding hydrogens is 225 g/mol. The van der Waals surface area contributed by atoms with Crippen LogP contribution >= 0.6 is 12.6 Å². The smallest absolute Gasteiger partial charge is 0.294 e. The fourth-order valence-corrected chi connectivity index (χ4v) is 2.01. The molecule has 1 fully saturated rings. The van der Waals surface area contributed by atoms with Crippen molar-refractivity contribution in [2.45, 2.75) is 24.9 Å². The molecule has 2 nitrogen and oxygen atoms in total. The maximum Gasteiger partial charge on any atom is 0.401 e. The van der Waals surface area contributed by atoms with Crippen molar-refractivity contribution in [2.24, 2.45) is 0 Å². The maximum atomic E-state index is 12.2. The third-order valence-corrected chi connectivity index (χ3v) is 2.88. The number of alkyl halides is 3. The van der Waals surface area contributed by atoms with Crippen molar-refractivity contribution >= 4 is 12.6 Å². The van der Waals surface area contributed by atoms with Crippen LogP contribution in [-0.4, -0.2) is 54.1 Å². The van der Waals surface area contributed by atoms with Crippen LogP contribution in [0.3, 0.4) is 0 Å². The number of hydrogen-bond donors (Lipinski definition) is 1. The highest BCUT2D eigenvalue weighted by Gasteiger charge is 2.31. The minimum atomic E-state index is -4.08. The van der Waals surface area contributed by atoms with Gasteiger partial charge in [0.1, 0.15) is 0 Å². The van der Waals surface area contributed by atoms with Gasteiger partial charge in [-0.3, -0.25) is 9.80 Å². The quantitative estimate of drug-likeness (QED) is 0.738. The van der Waals surface area contributed by atoms with Crippen molar-refractivity contribution in [1.82, 2.24) is 9.80 Å². The van der Waals surface area contributed by atoms with Crippen LogP contribution in [0.25, 0.3) is 0 Å². The van der Waals surface area contributed by atoms with E-state index in [2.05, 4.69) is 17.5 Å². The molecule has 0 radical (unpaired) electrons. The van der Waals surface area contributed by atoms with Crippen molar-refractivity contribution in [3.63, 3.8) is 0 Å². The Hall–Kier alpha value is 0.0600. The highest BCUT2D eigenvalue weighted by Crippen LogP contribution is 2.18. The van der Waals surface area contributed by atoms with E-state index in [0.717, 1.165) is 13.0 Å². The van der Waals surface area contributed by atoms with E-state index in [-0.39, 0.29) is 5.37 Å². The standard InChI is InChI=1S/C9H17F3N2S/c1-8(15)14-4-2-3-13(5-6-14)7-9(10,11)12/h8,15H,2-7H2,1H3. The van der Waals surface area contributed by atoms with Crippen LogP contribution in [0.5, 0.6) is 0 Å². The van der Waals surface area contributed by atoms with Crippen molar-refractivity contribution in [3.8, 4) is 0 Å². The van der Waals surface area contributed by atoms with Gasteiger partial charge in [-0.05, 0) is 19.9 Å². The third-order valence-electron chi connectivity index (χ3n) is 2.55. The molecule has 0 N–H and O–H groups in total. The summed E-state index contributed by atoms with van der Waals surface area (Å²) >= 11 is 4.29. The second-order valence-electron chi connectivity index (χ2n) is 3.91. The Morgan fingerprint density at radius 2 is 1.87 bits per heavy atom. The Balaban J connectivity index is 2.39. The fourth-order valence-electron chi connectivity index (χ4n) is 1.78. The topological polar surface area (TPSA) is 6.48 Å². The van der Waals surface area contributed by atoms with Crippen molar-refractivity contribution in [3.05, 3.63) is 0 Å². The van der Waals surface area contributed by atoms with Gasteiger partial charge in [0.2, 0.25) is 0 Å². The molecule has 1 heterocycles. The van der Waals surface area contributed by atoms with Gasteiger partial charge >= 0.3 is 6.18 Å². The Morgan fingerprint density at radius 3 is 2.40 bits per heavy atom. The minimum absolute atomic E-state index is 0.121. The average Bonchev–Trinajstić information content (AvgIpc) is 2.26. The predicted molar refractivity (Wildman–Crippen MR) is 57.1 cm³/mol. The third kappa shape index (κ3) is 5.08. The molecule has 1 aliphatic rings. The van der Waals surface area contributed by atoms with Gasteiger partial charge in [0.15, 0.2) is 0 Å². The summed E-state index contributed by atoms with van der Waals surface area (Å²) in [6.45, 7) is 3.66. The molecule has 0 saturated carbocycles. The zero-order valence-electron chi connectivity index (χ0n) is 8.80. The molecule has 1 saturated heterocycles. The van der Waals surface area contributed by atoms with Gasteiger partial charge in [-0.2, -0.15) is 25.8 Å². The lowest BCUT2D eigenvalue weighted by molar-refractivity contribution is -0.145. The predicted octanol–water partition coefficient (Wildman–Crippen LogP) is 1.83. The number of rotatable bonds is 2. The normalized spacial score (nSPS) is 23.8. The monoisotopic (exact) mass is 242 g/mol. The first-order chi connectivity index (χ1) is 6.88. The minimum Gasteiger partial charge on any atom is -0.294 e. The van der Waals surface area contributed by atoms with Gasteiger partial charge in [0, 0.05) is 25.0 Å². The second kappa shape index (κ2) is 5.41. The summed E-state index contributed by atoms with van der Waals surface area (Å²) in [4.78, 5) is 3.57. The molecular formula is C9H17F3N2S. The van der Waals surface area contributed by atoms with E-state index in [1.165, 1.54) is 4.90 Å². The van der Waals surface area contributed by atoms with Crippen molar-refractivity contribution in [2.75, 3.05) is 32.7 Å². The molecule has 0 amide bonds. The van der Waals surface area contributed by atoms with E-state index in [4.69, 9.17) is 0 Å². The summed E-state index contributed by atoms with van der Waals surface area (Å²) in [6, 6.07) is 0. The number of thiol groups is 1. The van der Waals surface area contributed by atoms with Crippen LogP contribution in [0.4, 0.5) is 13.2 Å². The van der Waals surface area contributed by atoms with Crippen molar-refractivity contribution < 1.29 is 13.2 Å². The molecule has 1 aliphatic heterocycles. The van der Waals surface area contributed by atoms with Gasteiger partial charge in [-0.15, -0.1) is 0 Å². The molecule has 15 heavy (non-hydrogen) atoms. The molecule has 1 atom stereocenters. The molecule has 0 aromatic carbocycles. The van der Waals surface area contributed by atoms with Gasteiger partial charge in [-0.25, -0.2) is 0 Å². The maximum absolute atomic E-state index is 12.2. The number of nitrogens with zero attached hydrogens (tertiary/aromatic N) is 2. The fraction of sp³-hybridized carbons (Fsp3) is 1.00. The van der Waals surface area contributed by atoms with E-state index in [1.54, 1.807) is 0 Å². The van der Waals surface area contributed by atoms with Gasteiger partial charge in [-0.1, -0.05) is 0 Å². The van der Waals surface area contributed by atoms with Crippen LogP contribution in [-0.2, 0) is 0 Å². The van der Waals surface area contributed by atoms with Crippen LogP contribution in [0.1, 0.15) is 13.3 Å². The first-order valence-corrected chi connectivity index (χ1v) is 5.61. The van der Waals surface area contributed by atoms with E-state index in [1.807, 2.05) is 6.92 Å². The molecule has 1 rings (SSSR count). The Labute approximate surface area is 93.8 Å². The highest BCUT2D eigenvalue weighted by molar-refractivity contribution is 7.80. The van der Waals surface area contributed by atoms with E-state index in [0.29, 0.717) is 19.6 Å².